The van der Waals surface area contributed by atoms with Crippen molar-refractivity contribution < 1.29 is 5.11 Å². The van der Waals surface area contributed by atoms with Gasteiger partial charge in [-0.15, -0.1) is 11.3 Å². The van der Waals surface area contributed by atoms with Crippen LogP contribution in [0.25, 0.3) is 0 Å². The third kappa shape index (κ3) is 4.82. The zero-order chi connectivity index (χ0) is 12.0. The highest BCUT2D eigenvalue weighted by Gasteiger charge is 2.23. The summed E-state index contributed by atoms with van der Waals surface area (Å²) in [5.41, 5.74) is -0.182. The molecule has 5 heteroatoms. The number of aliphatic hydroxyl groups excluding tert-OH is 1. The molecule has 0 spiro atoms. The molecule has 0 aromatic carbocycles. The number of rotatable bonds is 7. The van der Waals surface area contributed by atoms with Crippen LogP contribution in [0.3, 0.4) is 0 Å². The van der Waals surface area contributed by atoms with E-state index in [0.29, 0.717) is 6.04 Å². The molecule has 0 saturated heterocycles. The minimum Gasteiger partial charge on any atom is -0.394 e. The molecule has 1 heterocycles. The highest BCUT2D eigenvalue weighted by Crippen LogP contribution is 2.23. The van der Waals surface area contributed by atoms with Crippen LogP contribution in [-0.4, -0.2) is 34.0 Å². The molecule has 3 nitrogen and oxygen atoms in total. The molecule has 0 aliphatic heterocycles. The fourth-order valence-corrected chi connectivity index (χ4v) is 3.45. The van der Waals surface area contributed by atoms with Crippen molar-refractivity contribution >= 4 is 23.1 Å². The third-order valence-electron chi connectivity index (χ3n) is 2.28. The molecule has 16 heavy (non-hydrogen) atoms. The second kappa shape index (κ2) is 6.59. The number of hydrogen-bond donors (Lipinski definition) is 2. The normalized spacial score (nSPS) is 15.3. The summed E-state index contributed by atoms with van der Waals surface area (Å²) in [5.74, 6) is 0.976. The van der Waals surface area contributed by atoms with Crippen molar-refractivity contribution in [2.75, 3.05) is 12.4 Å². The summed E-state index contributed by atoms with van der Waals surface area (Å²) in [6, 6.07) is 0.391. The smallest absolute Gasteiger partial charge is 0.149 e. The van der Waals surface area contributed by atoms with Crippen molar-refractivity contribution in [3.63, 3.8) is 0 Å². The van der Waals surface area contributed by atoms with Gasteiger partial charge >= 0.3 is 0 Å². The second-order valence-electron chi connectivity index (χ2n) is 4.41. The summed E-state index contributed by atoms with van der Waals surface area (Å²) < 4.78 is 1.10. The molecule has 2 N–H and O–H groups in total. The van der Waals surface area contributed by atoms with E-state index in [-0.39, 0.29) is 12.1 Å². The quantitative estimate of drug-likeness (QED) is 0.739. The van der Waals surface area contributed by atoms with E-state index in [4.69, 9.17) is 0 Å². The van der Waals surface area contributed by atoms with Gasteiger partial charge < -0.3 is 10.4 Å². The molecular weight excluding hydrogens is 240 g/mol. The molecule has 1 rings (SSSR count). The van der Waals surface area contributed by atoms with Gasteiger partial charge in [0.25, 0.3) is 0 Å². The van der Waals surface area contributed by atoms with Crippen molar-refractivity contribution in [3.05, 3.63) is 11.6 Å². The van der Waals surface area contributed by atoms with Crippen LogP contribution in [0, 0.1) is 0 Å². The molecule has 0 radical (unpaired) electrons. The Morgan fingerprint density at radius 1 is 1.62 bits per heavy atom. The lowest BCUT2D eigenvalue weighted by Gasteiger charge is -2.30. The van der Waals surface area contributed by atoms with Crippen molar-refractivity contribution in [2.24, 2.45) is 0 Å². The lowest BCUT2D eigenvalue weighted by atomic mass is 9.99. The summed E-state index contributed by atoms with van der Waals surface area (Å²) in [6.45, 7) is 6.43. The first-order chi connectivity index (χ1) is 7.56. The average molecular weight is 260 g/mol. The van der Waals surface area contributed by atoms with Crippen LogP contribution in [0.1, 0.15) is 27.2 Å². The summed E-state index contributed by atoms with van der Waals surface area (Å²) in [5, 5.41) is 14.8. The summed E-state index contributed by atoms with van der Waals surface area (Å²) >= 11 is 3.42. The maximum absolute atomic E-state index is 9.41. The maximum Gasteiger partial charge on any atom is 0.149 e. The van der Waals surface area contributed by atoms with Crippen LogP contribution >= 0.6 is 23.1 Å². The first-order valence-corrected chi connectivity index (χ1v) is 7.33. The molecule has 0 aliphatic carbocycles. The molecule has 1 aromatic heterocycles. The standard InChI is InChI=1S/C11H20N2OS2/c1-9(2)13-11(3,8-14)4-6-15-10-12-5-7-16-10/h5,7,9,13-14H,4,6,8H2,1-3H3. The minimum absolute atomic E-state index is 0.170. The molecule has 1 aromatic rings. The largest absolute Gasteiger partial charge is 0.394 e. The lowest BCUT2D eigenvalue weighted by Crippen LogP contribution is -2.49. The molecular formula is C11H20N2OS2. The fourth-order valence-electron chi connectivity index (χ4n) is 1.54. The SMILES string of the molecule is CC(C)NC(C)(CO)CCSc1nccs1. The van der Waals surface area contributed by atoms with Crippen LogP contribution in [0.5, 0.6) is 0 Å². The second-order valence-corrected chi connectivity index (χ2v) is 6.65. The lowest BCUT2D eigenvalue weighted by molar-refractivity contribution is 0.162. The monoisotopic (exact) mass is 260 g/mol. The van der Waals surface area contributed by atoms with Gasteiger partial charge in [0.15, 0.2) is 0 Å². The number of thioether (sulfide) groups is 1. The van der Waals surface area contributed by atoms with E-state index in [1.807, 2.05) is 11.6 Å². The Morgan fingerprint density at radius 3 is 2.88 bits per heavy atom. The van der Waals surface area contributed by atoms with Crippen LogP contribution in [0.4, 0.5) is 0 Å². The number of nitrogens with zero attached hydrogens (tertiary/aromatic N) is 1. The molecule has 1 unspecified atom stereocenters. The molecule has 1 atom stereocenters. The van der Waals surface area contributed by atoms with Crippen LogP contribution in [-0.2, 0) is 0 Å². The van der Waals surface area contributed by atoms with Crippen LogP contribution < -0.4 is 5.32 Å². The van der Waals surface area contributed by atoms with E-state index in [0.717, 1.165) is 16.5 Å². The Morgan fingerprint density at radius 2 is 2.38 bits per heavy atom. The number of hydrogen-bond acceptors (Lipinski definition) is 5. The summed E-state index contributed by atoms with van der Waals surface area (Å²) in [4.78, 5) is 4.22. The Bertz CT molecular complexity index is 290. The molecule has 0 fully saturated rings. The number of thiazole rings is 1. The first-order valence-electron chi connectivity index (χ1n) is 5.46. The predicted molar refractivity (Wildman–Crippen MR) is 71.2 cm³/mol. The predicted octanol–water partition coefficient (Wildman–Crippen LogP) is 2.37. The van der Waals surface area contributed by atoms with Crippen molar-refractivity contribution in [2.45, 2.75) is 43.1 Å². The third-order valence-corrected chi connectivity index (χ3v) is 4.24. The number of aromatic nitrogens is 1. The Balaban J connectivity index is 2.33. The number of nitrogens with one attached hydrogen (secondary N) is 1. The Kier molecular flexibility index (Phi) is 5.75. The molecule has 0 saturated carbocycles. The molecule has 0 amide bonds. The van der Waals surface area contributed by atoms with Gasteiger partial charge in [0.05, 0.1) is 6.61 Å². The van der Waals surface area contributed by atoms with Gasteiger partial charge in [-0.1, -0.05) is 25.6 Å². The highest BCUT2D eigenvalue weighted by molar-refractivity contribution is 8.00. The molecule has 92 valence electrons. The van der Waals surface area contributed by atoms with Crippen LogP contribution in [0.2, 0.25) is 0 Å². The average Bonchev–Trinajstić information content (AvgIpc) is 2.69. The van der Waals surface area contributed by atoms with E-state index in [1.54, 1.807) is 23.1 Å². The van der Waals surface area contributed by atoms with E-state index in [9.17, 15) is 5.11 Å². The van der Waals surface area contributed by atoms with Gasteiger partial charge in [-0.05, 0) is 13.3 Å². The van der Waals surface area contributed by atoms with Crippen molar-refractivity contribution in [1.82, 2.24) is 10.3 Å². The zero-order valence-electron chi connectivity index (χ0n) is 10.1. The van der Waals surface area contributed by atoms with Gasteiger partial charge in [0.2, 0.25) is 0 Å². The Hall–Kier alpha value is -0.100. The summed E-state index contributed by atoms with van der Waals surface area (Å²) in [7, 11) is 0. The number of aliphatic hydroxyl groups is 1. The first kappa shape index (κ1) is 14.0. The molecule has 0 bridgehead atoms. The van der Waals surface area contributed by atoms with Crippen LogP contribution in [0.15, 0.2) is 15.9 Å². The van der Waals surface area contributed by atoms with Gasteiger partial charge in [0, 0.05) is 28.9 Å². The zero-order valence-corrected chi connectivity index (χ0v) is 11.7. The Labute approximate surface area is 106 Å². The van der Waals surface area contributed by atoms with Crippen molar-refractivity contribution in [1.29, 1.82) is 0 Å². The van der Waals surface area contributed by atoms with E-state index < -0.39 is 0 Å². The summed E-state index contributed by atoms with van der Waals surface area (Å²) in [6.07, 6.45) is 2.76. The van der Waals surface area contributed by atoms with Gasteiger partial charge in [0.1, 0.15) is 4.34 Å². The topological polar surface area (TPSA) is 45.1 Å². The van der Waals surface area contributed by atoms with E-state index in [1.165, 1.54) is 0 Å². The van der Waals surface area contributed by atoms with E-state index >= 15 is 0 Å². The highest BCUT2D eigenvalue weighted by atomic mass is 32.2. The van der Waals surface area contributed by atoms with Gasteiger partial charge in [-0.25, -0.2) is 4.98 Å². The van der Waals surface area contributed by atoms with Gasteiger partial charge in [-0.3, -0.25) is 0 Å². The van der Waals surface area contributed by atoms with Crippen molar-refractivity contribution in [3.8, 4) is 0 Å². The maximum atomic E-state index is 9.41. The van der Waals surface area contributed by atoms with Gasteiger partial charge in [-0.2, -0.15) is 0 Å². The van der Waals surface area contributed by atoms with E-state index in [2.05, 4.69) is 31.1 Å². The minimum atomic E-state index is -0.182. The fraction of sp³-hybridized carbons (Fsp3) is 0.727. The molecule has 0 aliphatic rings.